The van der Waals surface area contributed by atoms with E-state index in [1.807, 2.05) is 32.0 Å². The van der Waals surface area contributed by atoms with Crippen LogP contribution in [0, 0.1) is 12.7 Å². The van der Waals surface area contributed by atoms with Gasteiger partial charge in [-0.15, -0.1) is 0 Å². The molecule has 1 amide bonds. The van der Waals surface area contributed by atoms with Crippen LogP contribution in [0.1, 0.15) is 42.9 Å². The van der Waals surface area contributed by atoms with Gasteiger partial charge in [0.1, 0.15) is 5.82 Å². The second-order valence-corrected chi connectivity index (χ2v) is 5.67. The molecular weight excluding hydrogens is 277 g/mol. The summed E-state index contributed by atoms with van der Waals surface area (Å²) in [5, 5.41) is 3.03. The van der Waals surface area contributed by atoms with Gasteiger partial charge in [0, 0.05) is 12.1 Å². The summed E-state index contributed by atoms with van der Waals surface area (Å²) >= 11 is 0. The van der Waals surface area contributed by atoms with Crippen LogP contribution in [0.15, 0.2) is 42.5 Å². The van der Waals surface area contributed by atoms with Gasteiger partial charge in [-0.05, 0) is 48.1 Å². The zero-order valence-corrected chi connectivity index (χ0v) is 13.3. The van der Waals surface area contributed by atoms with Crippen molar-refractivity contribution in [3.8, 4) is 0 Å². The number of halogens is 1. The highest BCUT2D eigenvalue weighted by atomic mass is 19.1. The van der Waals surface area contributed by atoms with Crippen molar-refractivity contribution in [2.75, 3.05) is 5.32 Å². The standard InChI is InChI=1S/C19H22FNO/c1-4-15-7-5-6-13(2)19(15)21-18(22)12-14(3)16-8-10-17(20)11-9-16/h5-11,14H,4,12H2,1-3H3,(H,21,22). The van der Waals surface area contributed by atoms with Gasteiger partial charge in [-0.2, -0.15) is 0 Å². The molecule has 2 aromatic carbocycles. The van der Waals surface area contributed by atoms with Gasteiger partial charge >= 0.3 is 0 Å². The zero-order chi connectivity index (χ0) is 16.1. The fraction of sp³-hybridized carbons (Fsp3) is 0.316. The first-order chi connectivity index (χ1) is 10.5. The van der Waals surface area contributed by atoms with Crippen molar-refractivity contribution in [1.29, 1.82) is 0 Å². The molecule has 0 radical (unpaired) electrons. The number of hydrogen-bond acceptors (Lipinski definition) is 1. The van der Waals surface area contributed by atoms with Crippen LogP contribution in [0.2, 0.25) is 0 Å². The first-order valence-electron chi connectivity index (χ1n) is 7.65. The molecule has 22 heavy (non-hydrogen) atoms. The summed E-state index contributed by atoms with van der Waals surface area (Å²) in [6, 6.07) is 12.4. The van der Waals surface area contributed by atoms with Gasteiger partial charge in [-0.1, -0.05) is 44.2 Å². The molecule has 2 nitrogen and oxygen atoms in total. The van der Waals surface area contributed by atoms with Crippen LogP contribution in [0.5, 0.6) is 0 Å². The summed E-state index contributed by atoms with van der Waals surface area (Å²) in [6.45, 7) is 6.05. The predicted molar refractivity (Wildman–Crippen MR) is 88.6 cm³/mol. The van der Waals surface area contributed by atoms with Crippen LogP contribution in [0.3, 0.4) is 0 Å². The number of carbonyl (C=O) groups is 1. The molecule has 0 spiro atoms. The molecule has 3 heteroatoms. The van der Waals surface area contributed by atoms with Crippen molar-refractivity contribution in [2.24, 2.45) is 0 Å². The molecule has 0 bridgehead atoms. The monoisotopic (exact) mass is 299 g/mol. The van der Waals surface area contributed by atoms with Crippen LogP contribution in [-0.2, 0) is 11.2 Å². The van der Waals surface area contributed by atoms with E-state index in [-0.39, 0.29) is 17.6 Å². The van der Waals surface area contributed by atoms with Gasteiger partial charge in [0.15, 0.2) is 0 Å². The number of rotatable bonds is 5. The van der Waals surface area contributed by atoms with Crippen LogP contribution in [0.4, 0.5) is 10.1 Å². The Morgan fingerprint density at radius 2 is 1.86 bits per heavy atom. The van der Waals surface area contributed by atoms with Gasteiger partial charge in [-0.25, -0.2) is 4.39 Å². The Bertz CT molecular complexity index is 649. The molecule has 0 saturated carbocycles. The number of amides is 1. The van der Waals surface area contributed by atoms with E-state index in [0.29, 0.717) is 6.42 Å². The normalized spacial score (nSPS) is 12.0. The maximum absolute atomic E-state index is 12.9. The van der Waals surface area contributed by atoms with Crippen molar-refractivity contribution in [3.05, 3.63) is 65.0 Å². The van der Waals surface area contributed by atoms with Crippen molar-refractivity contribution >= 4 is 11.6 Å². The number of aryl methyl sites for hydroxylation is 2. The molecular formula is C19H22FNO. The van der Waals surface area contributed by atoms with E-state index in [1.54, 1.807) is 12.1 Å². The van der Waals surface area contributed by atoms with E-state index in [4.69, 9.17) is 0 Å². The van der Waals surface area contributed by atoms with E-state index < -0.39 is 0 Å². The highest BCUT2D eigenvalue weighted by Crippen LogP contribution is 2.24. The quantitative estimate of drug-likeness (QED) is 0.842. The fourth-order valence-corrected chi connectivity index (χ4v) is 2.58. The molecule has 0 fully saturated rings. The fourth-order valence-electron chi connectivity index (χ4n) is 2.58. The number of hydrogen-bond donors (Lipinski definition) is 1. The first kappa shape index (κ1) is 16.2. The molecule has 1 unspecified atom stereocenters. The summed E-state index contributed by atoms with van der Waals surface area (Å²) < 4.78 is 12.9. The summed E-state index contributed by atoms with van der Waals surface area (Å²) in [5.74, 6) is -0.219. The van der Waals surface area contributed by atoms with E-state index in [1.165, 1.54) is 12.1 Å². The second-order valence-electron chi connectivity index (χ2n) is 5.67. The van der Waals surface area contributed by atoms with Gasteiger partial charge in [0.05, 0.1) is 0 Å². The van der Waals surface area contributed by atoms with Crippen molar-refractivity contribution in [2.45, 2.75) is 39.5 Å². The van der Waals surface area contributed by atoms with Crippen LogP contribution in [-0.4, -0.2) is 5.91 Å². The average Bonchev–Trinajstić information content (AvgIpc) is 2.49. The topological polar surface area (TPSA) is 29.1 Å². The molecule has 0 aliphatic heterocycles. The molecule has 0 aliphatic carbocycles. The van der Waals surface area contributed by atoms with Crippen molar-refractivity contribution in [1.82, 2.24) is 0 Å². The number of nitrogens with one attached hydrogen (secondary N) is 1. The molecule has 2 aromatic rings. The highest BCUT2D eigenvalue weighted by Gasteiger charge is 2.13. The molecule has 1 N–H and O–H groups in total. The van der Waals surface area contributed by atoms with Gasteiger partial charge in [0.2, 0.25) is 5.91 Å². The molecule has 0 heterocycles. The lowest BCUT2D eigenvalue weighted by Crippen LogP contribution is -2.16. The maximum Gasteiger partial charge on any atom is 0.224 e. The summed E-state index contributed by atoms with van der Waals surface area (Å²) in [5.41, 5.74) is 4.10. The number of para-hydroxylation sites is 1. The van der Waals surface area contributed by atoms with E-state index in [2.05, 4.69) is 12.2 Å². The van der Waals surface area contributed by atoms with Gasteiger partial charge in [0.25, 0.3) is 0 Å². The Morgan fingerprint density at radius 1 is 1.18 bits per heavy atom. The SMILES string of the molecule is CCc1cccc(C)c1NC(=O)CC(C)c1ccc(F)cc1. The maximum atomic E-state index is 12.9. The molecule has 1 atom stereocenters. The van der Waals surface area contributed by atoms with E-state index in [9.17, 15) is 9.18 Å². The number of anilines is 1. The first-order valence-corrected chi connectivity index (χ1v) is 7.65. The van der Waals surface area contributed by atoms with Crippen LogP contribution >= 0.6 is 0 Å². The Hall–Kier alpha value is -2.16. The molecule has 0 aliphatic rings. The largest absolute Gasteiger partial charge is 0.326 e. The Labute approximate surface area is 131 Å². The Kier molecular flexibility index (Phi) is 5.31. The lowest BCUT2D eigenvalue weighted by atomic mass is 9.97. The van der Waals surface area contributed by atoms with Crippen molar-refractivity contribution < 1.29 is 9.18 Å². The second kappa shape index (κ2) is 7.21. The third-order valence-electron chi connectivity index (χ3n) is 3.94. The smallest absolute Gasteiger partial charge is 0.224 e. The summed E-state index contributed by atoms with van der Waals surface area (Å²) in [6.07, 6.45) is 1.26. The minimum absolute atomic E-state index is 0.0131. The van der Waals surface area contributed by atoms with Gasteiger partial charge in [-0.3, -0.25) is 4.79 Å². The Morgan fingerprint density at radius 3 is 2.50 bits per heavy atom. The predicted octanol–water partition coefficient (Wildman–Crippen LogP) is 4.83. The number of carbonyl (C=O) groups excluding carboxylic acids is 1. The molecule has 2 rings (SSSR count). The lowest BCUT2D eigenvalue weighted by Gasteiger charge is -2.15. The van der Waals surface area contributed by atoms with E-state index >= 15 is 0 Å². The minimum atomic E-state index is -0.257. The summed E-state index contributed by atoms with van der Waals surface area (Å²) in [7, 11) is 0. The Balaban J connectivity index is 2.06. The lowest BCUT2D eigenvalue weighted by molar-refractivity contribution is -0.116. The minimum Gasteiger partial charge on any atom is -0.326 e. The molecule has 0 aromatic heterocycles. The summed E-state index contributed by atoms with van der Waals surface area (Å²) in [4.78, 5) is 12.3. The molecule has 0 saturated heterocycles. The van der Waals surface area contributed by atoms with Gasteiger partial charge < -0.3 is 5.32 Å². The molecule has 116 valence electrons. The average molecular weight is 299 g/mol. The highest BCUT2D eigenvalue weighted by molar-refractivity contribution is 5.92. The number of benzene rings is 2. The van der Waals surface area contributed by atoms with Crippen LogP contribution < -0.4 is 5.32 Å². The van der Waals surface area contributed by atoms with E-state index in [0.717, 1.165) is 28.8 Å². The van der Waals surface area contributed by atoms with Crippen LogP contribution in [0.25, 0.3) is 0 Å². The van der Waals surface area contributed by atoms with Crippen molar-refractivity contribution in [3.63, 3.8) is 0 Å². The zero-order valence-electron chi connectivity index (χ0n) is 13.3. The third-order valence-corrected chi connectivity index (χ3v) is 3.94. The third kappa shape index (κ3) is 3.94.